The number of benzene rings is 1. The van der Waals surface area contributed by atoms with E-state index in [1.54, 1.807) is 11.3 Å². The van der Waals surface area contributed by atoms with Gasteiger partial charge >= 0.3 is 0 Å². The van der Waals surface area contributed by atoms with E-state index in [0.717, 1.165) is 30.0 Å². The van der Waals surface area contributed by atoms with E-state index in [1.165, 1.54) is 16.1 Å². The highest BCUT2D eigenvalue weighted by Gasteiger charge is 2.18. The van der Waals surface area contributed by atoms with Crippen LogP contribution in [0.1, 0.15) is 28.7 Å². The minimum Gasteiger partial charge on any atom is -0.362 e. The van der Waals surface area contributed by atoms with Gasteiger partial charge in [0.2, 0.25) is 0 Å². The first-order chi connectivity index (χ1) is 11.1. The SMILES string of the molecule is C/C(=N/NC(=O)CN1CCCc2ccccc21)c1ccc(C)s1. The number of hydrogen-bond acceptors (Lipinski definition) is 4. The Morgan fingerprint density at radius 3 is 2.91 bits per heavy atom. The van der Waals surface area contributed by atoms with E-state index < -0.39 is 0 Å². The average molecular weight is 327 g/mol. The lowest BCUT2D eigenvalue weighted by molar-refractivity contribution is -0.119. The molecule has 4 nitrogen and oxygen atoms in total. The maximum atomic E-state index is 12.2. The molecule has 1 amide bonds. The Hall–Kier alpha value is -2.14. The van der Waals surface area contributed by atoms with Gasteiger partial charge in [-0.3, -0.25) is 4.79 Å². The Bertz CT molecular complexity index is 735. The first-order valence-corrected chi connectivity index (χ1v) is 8.68. The molecule has 0 unspecified atom stereocenters. The zero-order valence-electron chi connectivity index (χ0n) is 13.5. The number of para-hydroxylation sites is 1. The quantitative estimate of drug-likeness (QED) is 0.691. The number of aryl methyl sites for hydroxylation is 2. The first-order valence-electron chi connectivity index (χ1n) is 7.86. The number of hydrogen-bond donors (Lipinski definition) is 1. The standard InChI is InChI=1S/C18H21N3OS/c1-13-9-10-17(23-13)14(2)19-20-18(22)12-21-11-5-7-15-6-3-4-8-16(15)21/h3-4,6,8-10H,5,7,11-12H2,1-2H3,(H,20,22)/b19-14-. The minimum atomic E-state index is -0.0747. The molecule has 0 fully saturated rings. The van der Waals surface area contributed by atoms with Crippen molar-refractivity contribution in [3.8, 4) is 0 Å². The maximum absolute atomic E-state index is 12.2. The number of carbonyl (C=O) groups is 1. The van der Waals surface area contributed by atoms with Gasteiger partial charge in [0.25, 0.3) is 5.91 Å². The molecule has 1 aliphatic heterocycles. The van der Waals surface area contributed by atoms with Gasteiger partial charge < -0.3 is 4.90 Å². The molecule has 3 rings (SSSR count). The third kappa shape index (κ3) is 3.79. The van der Waals surface area contributed by atoms with Gasteiger partial charge in [-0.25, -0.2) is 5.43 Å². The van der Waals surface area contributed by atoms with Gasteiger partial charge in [-0.2, -0.15) is 5.10 Å². The van der Waals surface area contributed by atoms with Crippen LogP contribution in [0.3, 0.4) is 0 Å². The summed E-state index contributed by atoms with van der Waals surface area (Å²) in [5, 5.41) is 4.23. The summed E-state index contributed by atoms with van der Waals surface area (Å²) < 4.78 is 0. The van der Waals surface area contributed by atoms with E-state index >= 15 is 0 Å². The molecular formula is C18H21N3OS. The number of carbonyl (C=O) groups excluding carboxylic acids is 1. The molecule has 23 heavy (non-hydrogen) atoms. The number of amides is 1. The van der Waals surface area contributed by atoms with Gasteiger partial charge in [0.1, 0.15) is 0 Å². The van der Waals surface area contributed by atoms with E-state index in [-0.39, 0.29) is 5.91 Å². The van der Waals surface area contributed by atoms with Crippen LogP contribution >= 0.6 is 11.3 Å². The van der Waals surface area contributed by atoms with Gasteiger partial charge in [0.15, 0.2) is 0 Å². The summed E-state index contributed by atoms with van der Waals surface area (Å²) >= 11 is 1.68. The van der Waals surface area contributed by atoms with Crippen molar-refractivity contribution in [2.24, 2.45) is 5.10 Å². The molecule has 2 heterocycles. The molecule has 1 aromatic heterocycles. The van der Waals surface area contributed by atoms with E-state index in [9.17, 15) is 4.79 Å². The van der Waals surface area contributed by atoms with Crippen molar-refractivity contribution in [3.05, 3.63) is 51.7 Å². The van der Waals surface area contributed by atoms with Crippen LogP contribution in [0.15, 0.2) is 41.5 Å². The predicted molar refractivity (Wildman–Crippen MR) is 96.4 cm³/mol. The molecule has 1 aromatic carbocycles. The Morgan fingerprint density at radius 2 is 2.13 bits per heavy atom. The number of fused-ring (bicyclic) bond motifs is 1. The zero-order valence-corrected chi connectivity index (χ0v) is 14.3. The number of thiophene rings is 1. The molecule has 0 spiro atoms. The van der Waals surface area contributed by atoms with Crippen molar-refractivity contribution in [1.82, 2.24) is 5.43 Å². The van der Waals surface area contributed by atoms with Crippen LogP contribution in [0.2, 0.25) is 0 Å². The Labute approximate surface area is 140 Å². The zero-order chi connectivity index (χ0) is 16.2. The molecule has 1 aliphatic rings. The number of hydrazone groups is 1. The van der Waals surface area contributed by atoms with Crippen molar-refractivity contribution in [2.75, 3.05) is 18.0 Å². The summed E-state index contributed by atoms with van der Waals surface area (Å²) in [6.45, 7) is 5.24. The molecule has 0 saturated carbocycles. The Morgan fingerprint density at radius 1 is 1.30 bits per heavy atom. The molecule has 0 radical (unpaired) electrons. The smallest absolute Gasteiger partial charge is 0.259 e. The fourth-order valence-electron chi connectivity index (χ4n) is 2.81. The second-order valence-electron chi connectivity index (χ2n) is 5.80. The lowest BCUT2D eigenvalue weighted by Crippen LogP contribution is -2.38. The summed E-state index contributed by atoms with van der Waals surface area (Å²) in [5.41, 5.74) is 6.01. The maximum Gasteiger partial charge on any atom is 0.259 e. The van der Waals surface area contributed by atoms with E-state index in [2.05, 4.69) is 46.6 Å². The van der Waals surface area contributed by atoms with E-state index in [4.69, 9.17) is 0 Å². The lowest BCUT2D eigenvalue weighted by atomic mass is 10.0. The molecule has 120 valence electrons. The highest BCUT2D eigenvalue weighted by atomic mass is 32.1. The van der Waals surface area contributed by atoms with Crippen LogP contribution < -0.4 is 10.3 Å². The molecule has 1 N–H and O–H groups in total. The third-order valence-electron chi connectivity index (χ3n) is 3.99. The topological polar surface area (TPSA) is 44.7 Å². The number of nitrogens with zero attached hydrogens (tertiary/aromatic N) is 2. The fraction of sp³-hybridized carbons (Fsp3) is 0.333. The number of rotatable bonds is 4. The molecule has 0 bridgehead atoms. The first kappa shape index (κ1) is 15.7. The average Bonchev–Trinajstić information content (AvgIpc) is 2.99. The molecular weight excluding hydrogens is 306 g/mol. The van der Waals surface area contributed by atoms with E-state index in [1.807, 2.05) is 19.1 Å². The Balaban J connectivity index is 1.62. The van der Waals surface area contributed by atoms with Crippen LogP contribution in [0, 0.1) is 6.92 Å². The Kier molecular flexibility index (Phi) is 4.76. The molecule has 0 saturated heterocycles. The summed E-state index contributed by atoms with van der Waals surface area (Å²) in [6, 6.07) is 12.4. The van der Waals surface area contributed by atoms with Crippen LogP contribution in [-0.2, 0) is 11.2 Å². The predicted octanol–water partition coefficient (Wildman–Crippen LogP) is 3.35. The van der Waals surface area contributed by atoms with Crippen LogP contribution in [0.4, 0.5) is 5.69 Å². The molecule has 2 aromatic rings. The van der Waals surface area contributed by atoms with E-state index in [0.29, 0.717) is 6.54 Å². The van der Waals surface area contributed by atoms with Crippen LogP contribution in [0.25, 0.3) is 0 Å². The molecule has 5 heteroatoms. The van der Waals surface area contributed by atoms with Gasteiger partial charge in [-0.15, -0.1) is 11.3 Å². The van der Waals surface area contributed by atoms with Gasteiger partial charge in [-0.05, 0) is 50.5 Å². The second kappa shape index (κ2) is 6.96. The summed E-state index contributed by atoms with van der Waals surface area (Å²) in [4.78, 5) is 16.7. The molecule has 0 aliphatic carbocycles. The van der Waals surface area contributed by atoms with Crippen molar-refractivity contribution >= 4 is 28.6 Å². The van der Waals surface area contributed by atoms with Crippen molar-refractivity contribution in [2.45, 2.75) is 26.7 Å². The van der Waals surface area contributed by atoms with Crippen molar-refractivity contribution < 1.29 is 4.79 Å². The highest BCUT2D eigenvalue weighted by Crippen LogP contribution is 2.26. The van der Waals surface area contributed by atoms with Gasteiger partial charge in [0.05, 0.1) is 17.1 Å². The number of anilines is 1. The second-order valence-corrected chi connectivity index (χ2v) is 7.08. The highest BCUT2D eigenvalue weighted by molar-refractivity contribution is 7.14. The van der Waals surface area contributed by atoms with Gasteiger partial charge in [0, 0.05) is 17.1 Å². The molecule has 0 atom stereocenters. The summed E-state index contributed by atoms with van der Waals surface area (Å²) in [5.74, 6) is -0.0747. The van der Waals surface area contributed by atoms with Crippen molar-refractivity contribution in [1.29, 1.82) is 0 Å². The number of nitrogens with one attached hydrogen (secondary N) is 1. The normalized spacial score (nSPS) is 14.5. The summed E-state index contributed by atoms with van der Waals surface area (Å²) in [7, 11) is 0. The fourth-order valence-corrected chi connectivity index (χ4v) is 3.63. The van der Waals surface area contributed by atoms with Crippen LogP contribution in [0.5, 0.6) is 0 Å². The monoisotopic (exact) mass is 327 g/mol. The van der Waals surface area contributed by atoms with Crippen molar-refractivity contribution in [3.63, 3.8) is 0 Å². The minimum absolute atomic E-state index is 0.0747. The van der Waals surface area contributed by atoms with Crippen LogP contribution in [-0.4, -0.2) is 24.7 Å². The third-order valence-corrected chi connectivity index (χ3v) is 5.10. The summed E-state index contributed by atoms with van der Waals surface area (Å²) in [6.07, 6.45) is 2.17. The lowest BCUT2D eigenvalue weighted by Gasteiger charge is -2.30. The largest absolute Gasteiger partial charge is 0.362 e. The van der Waals surface area contributed by atoms with Gasteiger partial charge in [-0.1, -0.05) is 18.2 Å².